The van der Waals surface area contributed by atoms with Gasteiger partial charge in [0.05, 0.1) is 6.20 Å². The van der Waals surface area contributed by atoms with Crippen molar-refractivity contribution in [1.29, 1.82) is 0 Å². The van der Waals surface area contributed by atoms with Crippen molar-refractivity contribution in [3.63, 3.8) is 0 Å². The fourth-order valence-corrected chi connectivity index (χ4v) is 2.56. The molecule has 1 aliphatic carbocycles. The van der Waals surface area contributed by atoms with E-state index in [4.69, 9.17) is 0 Å². The summed E-state index contributed by atoms with van der Waals surface area (Å²) in [6, 6.07) is 0.615. The van der Waals surface area contributed by atoms with E-state index in [1.54, 1.807) is 0 Å². The molecule has 106 valence electrons. The van der Waals surface area contributed by atoms with E-state index < -0.39 is 0 Å². The third-order valence-electron chi connectivity index (χ3n) is 3.61. The van der Waals surface area contributed by atoms with Crippen molar-refractivity contribution in [2.24, 2.45) is 12.0 Å². The van der Waals surface area contributed by atoms with Crippen LogP contribution in [0.5, 0.6) is 0 Å². The van der Waals surface area contributed by atoms with Gasteiger partial charge >= 0.3 is 0 Å². The second-order valence-electron chi connectivity index (χ2n) is 5.25. The van der Waals surface area contributed by atoms with Gasteiger partial charge in [-0.15, -0.1) is 0 Å². The summed E-state index contributed by atoms with van der Waals surface area (Å²) >= 11 is 0. The Kier molecular flexibility index (Phi) is 5.24. The number of nitrogens with zero attached hydrogens (tertiary/aromatic N) is 3. The minimum absolute atomic E-state index is 0.615. The largest absolute Gasteiger partial charge is 0.356 e. The molecule has 0 atom stereocenters. The molecule has 19 heavy (non-hydrogen) atoms. The van der Waals surface area contributed by atoms with E-state index >= 15 is 0 Å². The molecule has 1 aromatic rings. The first-order valence-corrected chi connectivity index (χ1v) is 7.22. The summed E-state index contributed by atoms with van der Waals surface area (Å²) in [7, 11) is 3.79. The lowest BCUT2D eigenvalue weighted by Crippen LogP contribution is -2.42. The normalized spacial score (nSPS) is 16.8. The summed E-state index contributed by atoms with van der Waals surface area (Å²) in [5.74, 6) is 0.943. The Morgan fingerprint density at radius 2 is 2.26 bits per heavy atom. The van der Waals surface area contributed by atoms with E-state index in [2.05, 4.69) is 26.9 Å². The molecule has 0 radical (unpaired) electrons. The first kappa shape index (κ1) is 13.9. The van der Waals surface area contributed by atoms with Crippen LogP contribution in [0, 0.1) is 0 Å². The zero-order chi connectivity index (χ0) is 13.5. The molecule has 2 N–H and O–H groups in total. The van der Waals surface area contributed by atoms with Crippen LogP contribution in [0.15, 0.2) is 17.4 Å². The molecule has 0 saturated heterocycles. The summed E-state index contributed by atoms with van der Waals surface area (Å²) in [5, 5.41) is 11.1. The van der Waals surface area contributed by atoms with Crippen LogP contribution < -0.4 is 10.6 Å². The van der Waals surface area contributed by atoms with Crippen molar-refractivity contribution >= 4 is 5.96 Å². The van der Waals surface area contributed by atoms with E-state index in [0.717, 1.165) is 25.3 Å². The lowest BCUT2D eigenvalue weighted by atomic mass is 10.2. The summed E-state index contributed by atoms with van der Waals surface area (Å²) in [6.45, 7) is 0.946. The third kappa shape index (κ3) is 4.58. The van der Waals surface area contributed by atoms with Crippen LogP contribution in [0.3, 0.4) is 0 Å². The van der Waals surface area contributed by atoms with E-state index in [1.807, 2.05) is 25.0 Å². The number of nitrogens with one attached hydrogen (secondary N) is 2. The Hall–Kier alpha value is -1.52. The number of hydrogen-bond donors (Lipinski definition) is 2. The Balaban J connectivity index is 1.63. The fraction of sp³-hybridized carbons (Fsp3) is 0.714. The molecule has 0 amide bonds. The average Bonchev–Trinajstić information content (AvgIpc) is 3.05. The lowest BCUT2D eigenvalue weighted by Gasteiger charge is -2.16. The molecule has 0 aromatic carbocycles. The number of rotatable bonds is 5. The van der Waals surface area contributed by atoms with Crippen molar-refractivity contribution in [3.8, 4) is 0 Å². The Morgan fingerprint density at radius 1 is 1.47 bits per heavy atom. The van der Waals surface area contributed by atoms with Gasteiger partial charge < -0.3 is 10.6 Å². The number of guanidine groups is 1. The monoisotopic (exact) mass is 263 g/mol. The molecule has 0 spiro atoms. The smallest absolute Gasteiger partial charge is 0.191 e. The number of aromatic nitrogens is 2. The third-order valence-corrected chi connectivity index (χ3v) is 3.61. The van der Waals surface area contributed by atoms with Gasteiger partial charge in [-0.2, -0.15) is 5.10 Å². The topological polar surface area (TPSA) is 54.2 Å². The Bertz CT molecular complexity index is 404. The predicted molar refractivity (Wildman–Crippen MR) is 78.3 cm³/mol. The highest BCUT2D eigenvalue weighted by Gasteiger charge is 2.15. The van der Waals surface area contributed by atoms with Crippen LogP contribution in [0.2, 0.25) is 0 Å². The SMILES string of the molecule is CN=C(NCCCc1cnn(C)c1)NC1CCCC1. The Labute approximate surface area is 115 Å². The van der Waals surface area contributed by atoms with E-state index in [1.165, 1.54) is 31.2 Å². The van der Waals surface area contributed by atoms with Crippen LogP contribution in [-0.2, 0) is 13.5 Å². The molecule has 1 aliphatic rings. The predicted octanol–water partition coefficient (Wildman–Crippen LogP) is 1.46. The summed E-state index contributed by atoms with van der Waals surface area (Å²) < 4.78 is 1.85. The lowest BCUT2D eigenvalue weighted by molar-refractivity contribution is 0.610. The molecule has 1 fully saturated rings. The van der Waals surface area contributed by atoms with E-state index in [-0.39, 0.29) is 0 Å². The van der Waals surface area contributed by atoms with Crippen molar-refractivity contribution < 1.29 is 0 Å². The first-order chi connectivity index (χ1) is 9.28. The van der Waals surface area contributed by atoms with Gasteiger partial charge in [0.2, 0.25) is 0 Å². The van der Waals surface area contributed by atoms with Gasteiger partial charge in [0.1, 0.15) is 0 Å². The van der Waals surface area contributed by atoms with Crippen molar-refractivity contribution in [2.45, 2.75) is 44.6 Å². The zero-order valence-electron chi connectivity index (χ0n) is 12.0. The van der Waals surface area contributed by atoms with Crippen molar-refractivity contribution in [2.75, 3.05) is 13.6 Å². The summed E-state index contributed by atoms with van der Waals surface area (Å²) in [5.41, 5.74) is 1.29. The maximum absolute atomic E-state index is 4.28. The molecule has 5 nitrogen and oxygen atoms in total. The highest BCUT2D eigenvalue weighted by molar-refractivity contribution is 5.79. The van der Waals surface area contributed by atoms with Gasteiger partial charge in [-0.3, -0.25) is 9.67 Å². The zero-order valence-corrected chi connectivity index (χ0v) is 12.0. The number of aliphatic imine (C=N–C) groups is 1. The second-order valence-corrected chi connectivity index (χ2v) is 5.25. The van der Waals surface area contributed by atoms with E-state index in [9.17, 15) is 0 Å². The first-order valence-electron chi connectivity index (χ1n) is 7.22. The standard InChI is InChI=1S/C14H25N5/c1-15-14(18-13-7-3-4-8-13)16-9-5-6-12-10-17-19(2)11-12/h10-11,13H,3-9H2,1-2H3,(H2,15,16,18). The molecule has 1 aromatic heterocycles. The van der Waals surface area contributed by atoms with Gasteiger partial charge in [0.25, 0.3) is 0 Å². The van der Waals surface area contributed by atoms with Crippen LogP contribution >= 0.6 is 0 Å². The minimum Gasteiger partial charge on any atom is -0.356 e. The maximum Gasteiger partial charge on any atom is 0.191 e. The fourth-order valence-electron chi connectivity index (χ4n) is 2.56. The molecular weight excluding hydrogens is 238 g/mol. The van der Waals surface area contributed by atoms with E-state index in [0.29, 0.717) is 6.04 Å². The molecule has 0 bridgehead atoms. The molecule has 1 saturated carbocycles. The molecule has 0 unspecified atom stereocenters. The summed E-state index contributed by atoms with van der Waals surface area (Å²) in [6.07, 6.45) is 11.4. The summed E-state index contributed by atoms with van der Waals surface area (Å²) in [4.78, 5) is 4.28. The number of aryl methyl sites for hydroxylation is 2. The maximum atomic E-state index is 4.28. The Morgan fingerprint density at radius 3 is 2.89 bits per heavy atom. The van der Waals surface area contributed by atoms with Gasteiger partial charge in [-0.1, -0.05) is 12.8 Å². The van der Waals surface area contributed by atoms with Gasteiger partial charge in [0.15, 0.2) is 5.96 Å². The number of hydrogen-bond acceptors (Lipinski definition) is 2. The van der Waals surface area contributed by atoms with Crippen LogP contribution in [0.1, 0.15) is 37.7 Å². The molecule has 1 heterocycles. The molecular formula is C14H25N5. The van der Waals surface area contributed by atoms with Crippen molar-refractivity contribution in [1.82, 2.24) is 20.4 Å². The minimum atomic E-state index is 0.615. The molecule has 2 rings (SSSR count). The molecule has 0 aliphatic heterocycles. The van der Waals surface area contributed by atoms with Gasteiger partial charge in [-0.25, -0.2) is 0 Å². The highest BCUT2D eigenvalue weighted by atomic mass is 15.2. The van der Waals surface area contributed by atoms with Gasteiger partial charge in [-0.05, 0) is 31.2 Å². The van der Waals surface area contributed by atoms with Crippen molar-refractivity contribution in [3.05, 3.63) is 18.0 Å². The van der Waals surface area contributed by atoms with Crippen LogP contribution in [0.4, 0.5) is 0 Å². The quantitative estimate of drug-likeness (QED) is 0.480. The van der Waals surface area contributed by atoms with Crippen LogP contribution in [-0.4, -0.2) is 35.4 Å². The van der Waals surface area contributed by atoms with Gasteiger partial charge in [0, 0.05) is 32.9 Å². The van der Waals surface area contributed by atoms with Crippen LogP contribution in [0.25, 0.3) is 0 Å². The average molecular weight is 263 g/mol. The highest BCUT2D eigenvalue weighted by Crippen LogP contribution is 2.17. The second kappa shape index (κ2) is 7.16. The molecule has 5 heteroatoms.